The number of alkyl halides is 2. The average molecular weight is 524 g/mol. The maximum Gasteiger partial charge on any atom is 0.283 e. The Bertz CT molecular complexity index is 1150. The Labute approximate surface area is 211 Å². The van der Waals surface area contributed by atoms with Crippen molar-refractivity contribution in [2.75, 3.05) is 39.4 Å². The SMILES string of the molecule is CCC1CN(CCOc2ccc([C@@H]3c4ccc(S(N)(=O)=O)cc4C[C@@H](C)N3CC(F)(F)CO)cc2)C1. The van der Waals surface area contributed by atoms with Crippen molar-refractivity contribution < 1.29 is 27.0 Å². The van der Waals surface area contributed by atoms with Crippen molar-refractivity contribution >= 4 is 10.0 Å². The van der Waals surface area contributed by atoms with Gasteiger partial charge in [-0.3, -0.25) is 9.80 Å². The van der Waals surface area contributed by atoms with Crippen molar-refractivity contribution in [1.82, 2.24) is 9.80 Å². The molecule has 0 bridgehead atoms. The fourth-order valence-corrected chi connectivity index (χ4v) is 5.73. The van der Waals surface area contributed by atoms with Crippen molar-refractivity contribution in [1.29, 1.82) is 0 Å². The molecule has 198 valence electrons. The second-order valence-corrected chi connectivity index (χ2v) is 11.6. The van der Waals surface area contributed by atoms with Crippen LogP contribution in [0.25, 0.3) is 0 Å². The van der Waals surface area contributed by atoms with E-state index in [0.29, 0.717) is 18.8 Å². The minimum Gasteiger partial charge on any atom is -0.492 e. The Morgan fingerprint density at radius 2 is 1.86 bits per heavy atom. The molecular weight excluding hydrogens is 488 g/mol. The predicted molar refractivity (Wildman–Crippen MR) is 134 cm³/mol. The summed E-state index contributed by atoms with van der Waals surface area (Å²) >= 11 is 0. The van der Waals surface area contributed by atoms with Gasteiger partial charge in [0.05, 0.1) is 17.5 Å². The van der Waals surface area contributed by atoms with E-state index in [2.05, 4.69) is 11.8 Å². The molecule has 0 amide bonds. The Morgan fingerprint density at radius 1 is 1.17 bits per heavy atom. The number of likely N-dealkylation sites (tertiary alicyclic amines) is 1. The van der Waals surface area contributed by atoms with Gasteiger partial charge in [0.15, 0.2) is 0 Å². The number of nitrogens with two attached hydrogens (primary N) is 1. The summed E-state index contributed by atoms with van der Waals surface area (Å²) in [5, 5.41) is 14.5. The van der Waals surface area contributed by atoms with Gasteiger partial charge in [0.25, 0.3) is 5.92 Å². The number of hydrogen-bond donors (Lipinski definition) is 2. The smallest absolute Gasteiger partial charge is 0.283 e. The summed E-state index contributed by atoms with van der Waals surface area (Å²) < 4.78 is 58.3. The molecule has 3 N–H and O–H groups in total. The van der Waals surface area contributed by atoms with E-state index in [-0.39, 0.29) is 10.9 Å². The van der Waals surface area contributed by atoms with Crippen LogP contribution in [0.1, 0.15) is 43.0 Å². The van der Waals surface area contributed by atoms with Crippen LogP contribution < -0.4 is 9.88 Å². The Hall–Kier alpha value is -2.11. The van der Waals surface area contributed by atoms with Gasteiger partial charge in [0, 0.05) is 25.7 Å². The first-order chi connectivity index (χ1) is 17.0. The minimum atomic E-state index is -3.89. The van der Waals surface area contributed by atoms with Crippen LogP contribution in [0.2, 0.25) is 0 Å². The zero-order valence-electron chi connectivity index (χ0n) is 20.7. The van der Waals surface area contributed by atoms with Crippen molar-refractivity contribution in [3.05, 3.63) is 59.2 Å². The van der Waals surface area contributed by atoms with E-state index in [4.69, 9.17) is 9.88 Å². The average Bonchev–Trinajstić information content (AvgIpc) is 2.80. The van der Waals surface area contributed by atoms with Crippen molar-refractivity contribution in [3.63, 3.8) is 0 Å². The molecule has 0 unspecified atom stereocenters. The third-order valence-electron chi connectivity index (χ3n) is 7.28. The molecule has 1 fully saturated rings. The Morgan fingerprint density at radius 3 is 2.47 bits per heavy atom. The summed E-state index contributed by atoms with van der Waals surface area (Å²) in [6.45, 7) is 5.81. The van der Waals surface area contributed by atoms with Crippen LogP contribution in [0.5, 0.6) is 5.75 Å². The molecule has 0 aromatic heterocycles. The van der Waals surface area contributed by atoms with Crippen molar-refractivity contribution in [3.8, 4) is 5.75 Å². The van der Waals surface area contributed by atoms with Gasteiger partial charge in [0.1, 0.15) is 19.0 Å². The molecule has 0 spiro atoms. The van der Waals surface area contributed by atoms with Crippen molar-refractivity contribution in [2.24, 2.45) is 11.1 Å². The fourth-order valence-electron chi connectivity index (χ4n) is 5.16. The Kier molecular flexibility index (Phi) is 8.01. The molecule has 2 aliphatic rings. The summed E-state index contributed by atoms with van der Waals surface area (Å²) in [6, 6.07) is 11.1. The number of benzene rings is 2. The van der Waals surface area contributed by atoms with Crippen LogP contribution in [0.4, 0.5) is 8.78 Å². The first kappa shape index (κ1) is 26.9. The van der Waals surface area contributed by atoms with Crippen LogP contribution in [0, 0.1) is 5.92 Å². The molecule has 2 aliphatic heterocycles. The van der Waals surface area contributed by atoms with E-state index < -0.39 is 35.1 Å². The van der Waals surface area contributed by atoms with Crippen LogP contribution in [-0.4, -0.2) is 74.7 Å². The normalized spacial score (nSPS) is 21.7. The quantitative estimate of drug-likeness (QED) is 0.497. The number of hydrogen-bond acceptors (Lipinski definition) is 6. The highest BCUT2D eigenvalue weighted by Gasteiger charge is 2.40. The lowest BCUT2D eigenvalue weighted by Gasteiger charge is -2.43. The molecule has 10 heteroatoms. The number of aliphatic hydroxyl groups excluding tert-OH is 1. The highest BCUT2D eigenvalue weighted by atomic mass is 32.2. The third kappa shape index (κ3) is 6.06. The Balaban J connectivity index is 1.57. The first-order valence-electron chi connectivity index (χ1n) is 12.4. The summed E-state index contributed by atoms with van der Waals surface area (Å²) in [4.78, 5) is 4.02. The monoisotopic (exact) mass is 523 g/mol. The van der Waals surface area contributed by atoms with Gasteiger partial charge in [-0.05, 0) is 60.2 Å². The number of halogens is 2. The lowest BCUT2D eigenvalue weighted by atomic mass is 9.85. The molecule has 0 radical (unpaired) electrons. The van der Waals surface area contributed by atoms with Crippen LogP contribution in [-0.2, 0) is 16.4 Å². The topological polar surface area (TPSA) is 96.1 Å². The largest absolute Gasteiger partial charge is 0.492 e. The summed E-state index contributed by atoms with van der Waals surface area (Å²) in [5.41, 5.74) is 2.27. The van der Waals surface area contributed by atoms with Gasteiger partial charge >= 0.3 is 0 Å². The number of fused-ring (bicyclic) bond motifs is 1. The molecule has 2 aromatic rings. The molecule has 7 nitrogen and oxygen atoms in total. The standard InChI is InChI=1S/C26H35F2N3O4S/c1-3-19-14-30(15-19)10-11-35-22-6-4-20(5-7-22)25-24-9-8-23(36(29,33)34)13-21(24)12-18(2)31(25)16-26(27,28)17-32/h4-9,13,18-19,25,32H,3,10-12,14-17H2,1-2H3,(H2,29,33,34)/t18-,25-/m1/s1. The molecule has 2 heterocycles. The van der Waals surface area contributed by atoms with E-state index >= 15 is 0 Å². The van der Waals surface area contributed by atoms with Gasteiger partial charge in [0.2, 0.25) is 10.0 Å². The van der Waals surface area contributed by atoms with Crippen LogP contribution in [0.15, 0.2) is 47.4 Å². The molecule has 1 saturated heterocycles. The molecule has 36 heavy (non-hydrogen) atoms. The molecule has 0 aliphatic carbocycles. The van der Waals surface area contributed by atoms with Crippen LogP contribution >= 0.6 is 0 Å². The number of primary sulfonamides is 1. The summed E-state index contributed by atoms with van der Waals surface area (Å²) in [6.07, 6.45) is 1.58. The zero-order valence-corrected chi connectivity index (χ0v) is 21.6. The third-order valence-corrected chi connectivity index (χ3v) is 8.19. The second-order valence-electron chi connectivity index (χ2n) is 10.00. The predicted octanol–water partition coefficient (Wildman–Crippen LogP) is 3.02. The van der Waals surface area contributed by atoms with Gasteiger partial charge in [-0.1, -0.05) is 31.5 Å². The van der Waals surface area contributed by atoms with E-state index in [0.717, 1.165) is 42.2 Å². The highest BCUT2D eigenvalue weighted by molar-refractivity contribution is 7.89. The van der Waals surface area contributed by atoms with E-state index in [1.165, 1.54) is 18.6 Å². The number of rotatable bonds is 10. The van der Waals surface area contributed by atoms with Gasteiger partial charge in [-0.15, -0.1) is 0 Å². The molecule has 2 aromatic carbocycles. The number of nitrogens with zero attached hydrogens (tertiary/aromatic N) is 2. The lowest BCUT2D eigenvalue weighted by Crippen LogP contribution is -2.49. The molecule has 2 atom stereocenters. The fraction of sp³-hybridized carbons (Fsp3) is 0.538. The van der Waals surface area contributed by atoms with Gasteiger partial charge < -0.3 is 9.84 Å². The van der Waals surface area contributed by atoms with Crippen molar-refractivity contribution in [2.45, 2.75) is 49.6 Å². The summed E-state index contributed by atoms with van der Waals surface area (Å²) in [5.74, 6) is -1.79. The lowest BCUT2D eigenvalue weighted by molar-refractivity contribution is -0.0862. The van der Waals surface area contributed by atoms with Crippen LogP contribution in [0.3, 0.4) is 0 Å². The zero-order chi connectivity index (χ0) is 26.1. The molecule has 0 saturated carbocycles. The maximum atomic E-state index is 14.3. The number of ether oxygens (including phenoxy) is 1. The second kappa shape index (κ2) is 10.7. The first-order valence-corrected chi connectivity index (χ1v) is 13.9. The number of aliphatic hydroxyl groups is 1. The van der Waals surface area contributed by atoms with Gasteiger partial charge in [-0.2, -0.15) is 0 Å². The minimum absolute atomic E-state index is 0.00227. The highest BCUT2D eigenvalue weighted by Crippen LogP contribution is 2.40. The maximum absolute atomic E-state index is 14.3. The van der Waals surface area contributed by atoms with E-state index in [1.807, 2.05) is 31.2 Å². The number of sulfonamides is 1. The molecule has 4 rings (SSSR count). The van der Waals surface area contributed by atoms with Gasteiger partial charge in [-0.25, -0.2) is 22.3 Å². The van der Waals surface area contributed by atoms with E-state index in [9.17, 15) is 22.3 Å². The summed E-state index contributed by atoms with van der Waals surface area (Å²) in [7, 11) is -3.89. The van der Waals surface area contributed by atoms with E-state index in [1.54, 1.807) is 11.0 Å². The molecular formula is C26H35F2N3O4S.